The summed E-state index contributed by atoms with van der Waals surface area (Å²) in [5.74, 6) is 0. The minimum Gasteiger partial charge on any atom is -0.309 e. The summed E-state index contributed by atoms with van der Waals surface area (Å²) in [4.78, 5) is 1.40. The predicted octanol–water partition coefficient (Wildman–Crippen LogP) is 4.16. The number of nitrogens with one attached hydrogen (secondary N) is 1. The molecule has 2 aromatic rings. The third-order valence-electron chi connectivity index (χ3n) is 3.59. The van der Waals surface area contributed by atoms with Crippen LogP contribution in [0.4, 0.5) is 0 Å². The summed E-state index contributed by atoms with van der Waals surface area (Å²) in [7, 11) is 0. The second-order valence-electron chi connectivity index (χ2n) is 4.78. The van der Waals surface area contributed by atoms with Gasteiger partial charge in [-0.1, -0.05) is 24.3 Å². The summed E-state index contributed by atoms with van der Waals surface area (Å²) in [6.07, 6.45) is 3.62. The summed E-state index contributed by atoms with van der Waals surface area (Å²) in [5, 5.41) is 5.82. The highest BCUT2D eigenvalue weighted by atomic mass is 79.9. The van der Waals surface area contributed by atoms with Crippen molar-refractivity contribution in [2.45, 2.75) is 31.8 Å². The first-order valence-corrected chi connectivity index (χ1v) is 8.02. The number of benzene rings is 1. The van der Waals surface area contributed by atoms with E-state index in [1.54, 1.807) is 0 Å². The number of hydrogen-bond acceptors (Lipinski definition) is 2. The summed E-state index contributed by atoms with van der Waals surface area (Å²) in [6, 6.07) is 11.6. The largest absolute Gasteiger partial charge is 0.309 e. The Hall–Kier alpha value is -0.640. The molecule has 3 heteroatoms. The lowest BCUT2D eigenvalue weighted by molar-refractivity contribution is 0.459. The summed E-state index contributed by atoms with van der Waals surface area (Å²) in [6.45, 7) is 0.977. The van der Waals surface area contributed by atoms with Crippen molar-refractivity contribution in [2.24, 2.45) is 0 Å². The van der Waals surface area contributed by atoms with Gasteiger partial charge < -0.3 is 5.32 Å². The lowest BCUT2D eigenvalue weighted by Gasteiger charge is -2.25. The molecular weight excluding hydrogens is 306 g/mol. The van der Waals surface area contributed by atoms with Gasteiger partial charge >= 0.3 is 0 Å². The molecule has 1 nitrogen and oxygen atoms in total. The molecule has 0 amide bonds. The van der Waals surface area contributed by atoms with Crippen LogP contribution in [0.5, 0.6) is 0 Å². The average molecular weight is 322 g/mol. The van der Waals surface area contributed by atoms with Gasteiger partial charge in [0.2, 0.25) is 0 Å². The molecule has 1 N–H and O–H groups in total. The molecule has 18 heavy (non-hydrogen) atoms. The Labute approximate surface area is 120 Å². The van der Waals surface area contributed by atoms with E-state index < -0.39 is 0 Å². The van der Waals surface area contributed by atoms with Crippen molar-refractivity contribution in [3.63, 3.8) is 0 Å². The molecule has 0 saturated carbocycles. The number of halogens is 1. The van der Waals surface area contributed by atoms with Gasteiger partial charge in [-0.25, -0.2) is 0 Å². The van der Waals surface area contributed by atoms with Gasteiger partial charge in [0.05, 0.1) is 0 Å². The summed E-state index contributed by atoms with van der Waals surface area (Å²) < 4.78 is 1.23. The standard InChI is InChI=1S/C15H16BrNS/c16-14-7-8-18-15(14)10-17-13-6-5-11-3-1-2-4-12(11)9-13/h1-4,7-8,13,17H,5-6,9-10H2. The fraction of sp³-hybridized carbons (Fsp3) is 0.333. The van der Waals surface area contributed by atoms with Gasteiger partial charge in [-0.15, -0.1) is 11.3 Å². The molecule has 1 atom stereocenters. The number of hydrogen-bond donors (Lipinski definition) is 1. The van der Waals surface area contributed by atoms with E-state index >= 15 is 0 Å². The van der Waals surface area contributed by atoms with Gasteiger partial charge in [0.1, 0.15) is 0 Å². The van der Waals surface area contributed by atoms with Crippen LogP contribution in [0.2, 0.25) is 0 Å². The molecule has 0 saturated heterocycles. The van der Waals surface area contributed by atoms with E-state index in [4.69, 9.17) is 0 Å². The molecule has 0 aliphatic heterocycles. The third kappa shape index (κ3) is 2.68. The maximum absolute atomic E-state index is 3.69. The molecule has 1 aliphatic rings. The topological polar surface area (TPSA) is 12.0 Å². The molecule has 3 rings (SSSR count). The van der Waals surface area contributed by atoms with E-state index in [1.807, 2.05) is 11.3 Å². The third-order valence-corrected chi connectivity index (χ3v) is 5.52. The Kier molecular flexibility index (Phi) is 3.83. The molecule has 1 aromatic carbocycles. The van der Waals surface area contributed by atoms with Crippen LogP contribution in [0, 0.1) is 0 Å². The first-order valence-electron chi connectivity index (χ1n) is 6.35. The minimum atomic E-state index is 0.619. The molecular formula is C15H16BrNS. The van der Waals surface area contributed by atoms with Gasteiger partial charge in [0.25, 0.3) is 0 Å². The van der Waals surface area contributed by atoms with Gasteiger partial charge in [-0.2, -0.15) is 0 Å². The Morgan fingerprint density at radius 2 is 2.06 bits per heavy atom. The summed E-state index contributed by atoms with van der Waals surface area (Å²) in [5.41, 5.74) is 3.05. The summed E-state index contributed by atoms with van der Waals surface area (Å²) >= 11 is 5.40. The van der Waals surface area contributed by atoms with E-state index in [9.17, 15) is 0 Å². The normalized spacial score (nSPS) is 18.6. The highest BCUT2D eigenvalue weighted by Gasteiger charge is 2.17. The van der Waals surface area contributed by atoms with Crippen molar-refractivity contribution in [3.05, 3.63) is 56.2 Å². The van der Waals surface area contributed by atoms with Gasteiger partial charge in [0, 0.05) is 21.9 Å². The van der Waals surface area contributed by atoms with Crippen LogP contribution < -0.4 is 5.32 Å². The van der Waals surface area contributed by atoms with E-state index in [0.29, 0.717) is 6.04 Å². The molecule has 1 unspecified atom stereocenters. The first-order chi connectivity index (χ1) is 8.83. The Morgan fingerprint density at radius 1 is 1.22 bits per heavy atom. The SMILES string of the molecule is Brc1ccsc1CNC1CCc2ccccc2C1. The Bertz CT molecular complexity index is 535. The zero-order chi connectivity index (χ0) is 12.4. The quantitative estimate of drug-likeness (QED) is 0.895. The van der Waals surface area contributed by atoms with E-state index in [1.165, 1.54) is 39.7 Å². The van der Waals surface area contributed by atoms with Gasteiger partial charge in [0.15, 0.2) is 0 Å². The van der Waals surface area contributed by atoms with Crippen LogP contribution in [0.1, 0.15) is 22.4 Å². The lowest BCUT2D eigenvalue weighted by atomic mass is 9.88. The molecule has 0 bridgehead atoms. The fourth-order valence-electron chi connectivity index (χ4n) is 2.56. The van der Waals surface area contributed by atoms with Crippen LogP contribution >= 0.6 is 27.3 Å². The highest BCUT2D eigenvalue weighted by Crippen LogP contribution is 2.24. The molecule has 1 heterocycles. The van der Waals surface area contributed by atoms with E-state index in [-0.39, 0.29) is 0 Å². The van der Waals surface area contributed by atoms with Crippen LogP contribution in [-0.4, -0.2) is 6.04 Å². The van der Waals surface area contributed by atoms with E-state index in [0.717, 1.165) is 6.54 Å². The van der Waals surface area contributed by atoms with Crippen LogP contribution in [0.3, 0.4) is 0 Å². The highest BCUT2D eigenvalue weighted by molar-refractivity contribution is 9.10. The van der Waals surface area contributed by atoms with Crippen molar-refractivity contribution in [1.82, 2.24) is 5.32 Å². The first kappa shape index (κ1) is 12.4. The van der Waals surface area contributed by atoms with Crippen molar-refractivity contribution in [3.8, 4) is 0 Å². The smallest absolute Gasteiger partial charge is 0.0327 e. The zero-order valence-electron chi connectivity index (χ0n) is 10.2. The second-order valence-corrected chi connectivity index (χ2v) is 6.64. The van der Waals surface area contributed by atoms with Crippen molar-refractivity contribution in [1.29, 1.82) is 0 Å². The minimum absolute atomic E-state index is 0.619. The molecule has 0 spiro atoms. The zero-order valence-corrected chi connectivity index (χ0v) is 12.6. The van der Waals surface area contributed by atoms with Crippen molar-refractivity contribution in [2.75, 3.05) is 0 Å². The maximum Gasteiger partial charge on any atom is 0.0327 e. The average Bonchev–Trinajstić information content (AvgIpc) is 2.82. The molecule has 0 fully saturated rings. The maximum atomic E-state index is 3.69. The van der Waals surface area contributed by atoms with Crippen molar-refractivity contribution >= 4 is 27.3 Å². The van der Waals surface area contributed by atoms with Crippen molar-refractivity contribution < 1.29 is 0 Å². The Morgan fingerprint density at radius 3 is 2.83 bits per heavy atom. The van der Waals surface area contributed by atoms with E-state index in [2.05, 4.69) is 57.0 Å². The number of thiophene rings is 1. The number of rotatable bonds is 3. The monoisotopic (exact) mass is 321 g/mol. The van der Waals surface area contributed by atoms with Crippen LogP contribution in [-0.2, 0) is 19.4 Å². The predicted molar refractivity (Wildman–Crippen MR) is 81.1 cm³/mol. The molecule has 1 aromatic heterocycles. The van der Waals surface area contributed by atoms with Gasteiger partial charge in [-0.3, -0.25) is 0 Å². The Balaban J connectivity index is 1.61. The van der Waals surface area contributed by atoms with Gasteiger partial charge in [-0.05, 0) is 57.8 Å². The second kappa shape index (κ2) is 5.55. The fourth-order valence-corrected chi connectivity index (χ4v) is 4.00. The molecule has 1 aliphatic carbocycles. The van der Waals surface area contributed by atoms with Crippen LogP contribution in [0.15, 0.2) is 40.2 Å². The van der Waals surface area contributed by atoms with Crippen LogP contribution in [0.25, 0.3) is 0 Å². The number of fused-ring (bicyclic) bond motifs is 1. The molecule has 0 radical (unpaired) electrons. The number of aryl methyl sites for hydroxylation is 1. The lowest BCUT2D eigenvalue weighted by Crippen LogP contribution is -2.33. The molecule has 94 valence electrons.